The first-order valence-corrected chi connectivity index (χ1v) is 7.30. The normalized spacial score (nSPS) is 11.7. The highest BCUT2D eigenvalue weighted by Gasteiger charge is 2.38. The summed E-state index contributed by atoms with van der Waals surface area (Å²) < 4.78 is 39.5. The molecule has 0 radical (unpaired) electrons. The highest BCUT2D eigenvalue weighted by molar-refractivity contribution is 7.99. The van der Waals surface area contributed by atoms with Gasteiger partial charge in [-0.15, -0.1) is 10.2 Å². The molecule has 0 atom stereocenters. The number of aromatic nitrogens is 5. The van der Waals surface area contributed by atoms with Gasteiger partial charge in [0.15, 0.2) is 0 Å². The predicted molar refractivity (Wildman–Crippen MR) is 77.2 cm³/mol. The van der Waals surface area contributed by atoms with Gasteiger partial charge in [-0.1, -0.05) is 11.8 Å². The summed E-state index contributed by atoms with van der Waals surface area (Å²) in [6, 6.07) is 0. The Morgan fingerprint density at radius 1 is 1.35 bits per heavy atom. The van der Waals surface area contributed by atoms with Crippen LogP contribution in [0, 0.1) is 13.8 Å². The van der Waals surface area contributed by atoms with Crippen molar-refractivity contribution in [2.45, 2.75) is 25.2 Å². The van der Waals surface area contributed by atoms with E-state index in [1.54, 1.807) is 25.6 Å². The maximum atomic E-state index is 12.5. The number of nitrogens with zero attached hydrogens (tertiary/aromatic N) is 5. The van der Waals surface area contributed by atoms with Crippen LogP contribution in [0.5, 0.6) is 0 Å². The molecule has 0 aliphatic carbocycles. The lowest BCUT2D eigenvalue weighted by Crippen LogP contribution is -2.22. The average molecular weight is 349 g/mol. The first-order valence-electron chi connectivity index (χ1n) is 6.31. The summed E-state index contributed by atoms with van der Waals surface area (Å²) in [5.74, 6) is 3.39. The molecule has 0 bridgehead atoms. The maximum Gasteiger partial charge on any atom is 0.453 e. The van der Waals surface area contributed by atoms with Crippen LogP contribution in [0.4, 0.5) is 18.9 Å². The second kappa shape index (κ2) is 6.10. The standard InChI is InChI=1S/C11H14F3N7OS/c1-5-8(6(2)20(3)19-5)16-7(22)4-23-10-18-17-9(21(10)15)11(12,13)14/h4,15H2,1-3H3,(H,16,22). The molecule has 0 aliphatic heterocycles. The Hall–Kier alpha value is -2.24. The summed E-state index contributed by atoms with van der Waals surface area (Å²) in [4.78, 5) is 11.9. The topological polar surface area (TPSA) is 104 Å². The van der Waals surface area contributed by atoms with E-state index >= 15 is 0 Å². The molecule has 3 N–H and O–H groups in total. The van der Waals surface area contributed by atoms with Crippen molar-refractivity contribution in [3.05, 3.63) is 17.2 Å². The van der Waals surface area contributed by atoms with Crippen LogP contribution in [0.3, 0.4) is 0 Å². The summed E-state index contributed by atoms with van der Waals surface area (Å²) in [5.41, 5.74) is 1.98. The van der Waals surface area contributed by atoms with E-state index in [1.807, 2.05) is 0 Å². The highest BCUT2D eigenvalue weighted by atomic mass is 32.2. The van der Waals surface area contributed by atoms with Crippen LogP contribution in [-0.4, -0.2) is 36.3 Å². The highest BCUT2D eigenvalue weighted by Crippen LogP contribution is 2.29. The molecule has 2 aromatic rings. The number of hydrogen-bond donors (Lipinski definition) is 2. The Kier molecular flexibility index (Phi) is 4.54. The largest absolute Gasteiger partial charge is 0.453 e. The number of anilines is 1. The van der Waals surface area contributed by atoms with Crippen LogP contribution < -0.4 is 11.2 Å². The zero-order chi connectivity index (χ0) is 17.4. The number of aryl methyl sites for hydroxylation is 2. The number of nitrogen functional groups attached to an aromatic ring is 1. The number of halogens is 3. The van der Waals surface area contributed by atoms with Crippen molar-refractivity contribution in [1.82, 2.24) is 24.7 Å². The van der Waals surface area contributed by atoms with E-state index in [2.05, 4.69) is 20.6 Å². The molecule has 12 heteroatoms. The first-order chi connectivity index (χ1) is 10.6. The Morgan fingerprint density at radius 2 is 2.00 bits per heavy atom. The number of nitrogens with one attached hydrogen (secondary N) is 1. The SMILES string of the molecule is Cc1nn(C)c(C)c1NC(=O)CSc1nnc(C(F)(F)F)n1N. The molecule has 8 nitrogen and oxygen atoms in total. The van der Waals surface area contributed by atoms with Crippen LogP contribution in [-0.2, 0) is 18.0 Å². The Morgan fingerprint density at radius 3 is 2.48 bits per heavy atom. The van der Waals surface area contributed by atoms with Crippen molar-refractivity contribution >= 4 is 23.4 Å². The minimum atomic E-state index is -4.70. The molecule has 2 heterocycles. The third-order valence-corrected chi connectivity index (χ3v) is 3.97. The molecule has 0 fully saturated rings. The molecule has 0 aromatic carbocycles. The zero-order valence-electron chi connectivity index (χ0n) is 12.5. The van der Waals surface area contributed by atoms with Gasteiger partial charge in [0.25, 0.3) is 5.82 Å². The molecule has 2 aromatic heterocycles. The van der Waals surface area contributed by atoms with Crippen molar-refractivity contribution in [1.29, 1.82) is 0 Å². The van der Waals surface area contributed by atoms with Crippen molar-refractivity contribution in [2.24, 2.45) is 7.05 Å². The molecule has 23 heavy (non-hydrogen) atoms. The molecule has 2 rings (SSSR count). The van der Waals surface area contributed by atoms with E-state index in [-0.39, 0.29) is 10.9 Å². The number of carbonyl (C=O) groups excluding carboxylic acids is 1. The van der Waals surface area contributed by atoms with Gasteiger partial charge in [-0.25, -0.2) is 4.68 Å². The first kappa shape index (κ1) is 17.1. The number of alkyl halides is 3. The third-order valence-electron chi connectivity index (χ3n) is 3.02. The smallest absolute Gasteiger partial charge is 0.335 e. The second-order valence-corrected chi connectivity index (χ2v) is 5.62. The Balaban J connectivity index is 2.01. The number of amides is 1. The molecule has 0 aliphatic rings. The fraction of sp³-hybridized carbons (Fsp3) is 0.455. The van der Waals surface area contributed by atoms with E-state index in [0.717, 1.165) is 17.5 Å². The summed E-state index contributed by atoms with van der Waals surface area (Å²) in [6.45, 7) is 3.52. The number of thioether (sulfide) groups is 1. The van der Waals surface area contributed by atoms with Gasteiger partial charge in [0.1, 0.15) is 0 Å². The van der Waals surface area contributed by atoms with Gasteiger partial charge >= 0.3 is 6.18 Å². The van der Waals surface area contributed by atoms with E-state index in [0.29, 0.717) is 16.1 Å². The Labute approximate surface area is 133 Å². The quantitative estimate of drug-likeness (QED) is 0.633. The summed E-state index contributed by atoms with van der Waals surface area (Å²) in [7, 11) is 1.74. The predicted octanol–water partition coefficient (Wildman–Crippen LogP) is 1.09. The van der Waals surface area contributed by atoms with Gasteiger partial charge in [0.2, 0.25) is 11.1 Å². The molecule has 126 valence electrons. The minimum absolute atomic E-state index is 0.166. The zero-order valence-corrected chi connectivity index (χ0v) is 13.3. The number of rotatable bonds is 4. The van der Waals surface area contributed by atoms with Crippen LogP contribution in [0.25, 0.3) is 0 Å². The molecular weight excluding hydrogens is 335 g/mol. The number of nitrogens with two attached hydrogens (primary N) is 1. The molecule has 0 saturated heterocycles. The lowest BCUT2D eigenvalue weighted by Gasteiger charge is -2.07. The van der Waals surface area contributed by atoms with Gasteiger partial charge in [-0.2, -0.15) is 18.3 Å². The molecular formula is C11H14F3N7OS. The molecule has 0 unspecified atom stereocenters. The van der Waals surface area contributed by atoms with Gasteiger partial charge < -0.3 is 11.2 Å². The number of carbonyl (C=O) groups is 1. The van der Waals surface area contributed by atoms with Crippen molar-refractivity contribution in [3.8, 4) is 0 Å². The van der Waals surface area contributed by atoms with E-state index in [9.17, 15) is 18.0 Å². The van der Waals surface area contributed by atoms with E-state index < -0.39 is 17.9 Å². The lowest BCUT2D eigenvalue weighted by molar-refractivity contribution is -0.146. The second-order valence-electron chi connectivity index (χ2n) is 4.68. The van der Waals surface area contributed by atoms with E-state index in [1.165, 1.54) is 0 Å². The fourth-order valence-electron chi connectivity index (χ4n) is 1.83. The van der Waals surface area contributed by atoms with Gasteiger partial charge in [-0.3, -0.25) is 9.48 Å². The number of hydrogen-bond acceptors (Lipinski definition) is 6. The molecule has 1 amide bonds. The summed E-state index contributed by atoms with van der Waals surface area (Å²) >= 11 is 0.755. The van der Waals surface area contributed by atoms with Gasteiger partial charge in [0.05, 0.1) is 22.8 Å². The lowest BCUT2D eigenvalue weighted by atomic mass is 10.3. The third kappa shape index (κ3) is 3.57. The van der Waals surface area contributed by atoms with Gasteiger partial charge in [-0.05, 0) is 13.8 Å². The van der Waals surface area contributed by atoms with Crippen LogP contribution in [0.2, 0.25) is 0 Å². The van der Waals surface area contributed by atoms with Crippen molar-refractivity contribution in [3.63, 3.8) is 0 Å². The van der Waals surface area contributed by atoms with Crippen LogP contribution in [0.15, 0.2) is 5.16 Å². The molecule has 0 saturated carbocycles. The maximum absolute atomic E-state index is 12.5. The van der Waals surface area contributed by atoms with Crippen molar-refractivity contribution < 1.29 is 18.0 Å². The Bertz CT molecular complexity index is 737. The van der Waals surface area contributed by atoms with Crippen LogP contribution in [0.1, 0.15) is 17.2 Å². The average Bonchev–Trinajstić information content (AvgIpc) is 2.92. The summed E-state index contributed by atoms with van der Waals surface area (Å²) in [5, 5.41) is 12.9. The minimum Gasteiger partial charge on any atom is -0.335 e. The molecule has 0 spiro atoms. The van der Waals surface area contributed by atoms with E-state index in [4.69, 9.17) is 5.84 Å². The van der Waals surface area contributed by atoms with Crippen LogP contribution >= 0.6 is 11.8 Å². The fourth-order valence-corrected chi connectivity index (χ4v) is 2.49. The monoisotopic (exact) mass is 349 g/mol. The van der Waals surface area contributed by atoms with Gasteiger partial charge in [0, 0.05) is 7.05 Å². The van der Waals surface area contributed by atoms with Crippen molar-refractivity contribution in [2.75, 3.05) is 16.9 Å². The summed E-state index contributed by atoms with van der Waals surface area (Å²) in [6.07, 6.45) is -4.70.